The maximum absolute atomic E-state index is 12.0. The molecule has 0 saturated heterocycles. The molecule has 1 radical (unpaired) electrons. The van der Waals surface area contributed by atoms with E-state index in [0.717, 1.165) is 88.4 Å². The first-order valence-corrected chi connectivity index (χ1v) is 17.7. The van der Waals surface area contributed by atoms with Gasteiger partial charge in [-0.2, -0.15) is 0 Å². The molecule has 0 saturated carbocycles. The van der Waals surface area contributed by atoms with Crippen molar-refractivity contribution in [2.45, 2.75) is 122 Å². The summed E-state index contributed by atoms with van der Waals surface area (Å²) in [5, 5.41) is 13.7. The fourth-order valence-electron chi connectivity index (χ4n) is 6.52. The fraction of sp³-hybridized carbons (Fsp3) is 0.500. The van der Waals surface area contributed by atoms with E-state index >= 15 is 0 Å². The molecule has 49 heavy (non-hydrogen) atoms. The Balaban J connectivity index is 0.000000366. The van der Waals surface area contributed by atoms with Gasteiger partial charge in [0.1, 0.15) is 5.75 Å². The maximum atomic E-state index is 12.0. The van der Waals surface area contributed by atoms with Crippen LogP contribution >= 0.6 is 0 Å². The molecular weight excluding hydrogens is 783 g/mol. The van der Waals surface area contributed by atoms with Crippen molar-refractivity contribution < 1.29 is 38.9 Å². The van der Waals surface area contributed by atoms with Gasteiger partial charge in [-0.05, 0) is 79.3 Å². The third-order valence-electron chi connectivity index (χ3n) is 9.72. The summed E-state index contributed by atoms with van der Waals surface area (Å²) >= 11 is 0. The van der Waals surface area contributed by atoms with Crippen molar-refractivity contribution in [2.24, 2.45) is 22.2 Å². The first-order chi connectivity index (χ1) is 23.6. The number of hydrogen-bond donors (Lipinski definition) is 1. The summed E-state index contributed by atoms with van der Waals surface area (Å²) in [7, 11) is 0. The number of allylic oxidation sites excluding steroid dienone is 2. The minimum atomic E-state index is -2.17. The van der Waals surface area contributed by atoms with Gasteiger partial charge in [0.25, 0.3) is 0 Å². The second kappa shape index (κ2) is 15.9. The number of pyridine rings is 1. The Morgan fingerprint density at radius 3 is 2.18 bits per heavy atom. The van der Waals surface area contributed by atoms with Crippen LogP contribution in [0, 0.1) is 35.1 Å². The molecule has 1 N–H and O–H groups in total. The average molecular weight is 844 g/mol. The number of carbonyl (C=O) groups is 1. The minimum absolute atomic E-state index is 0. The molecule has 267 valence electrons. The Morgan fingerprint density at radius 1 is 0.959 bits per heavy atom. The van der Waals surface area contributed by atoms with Gasteiger partial charge in [0, 0.05) is 58.9 Å². The molecule has 5 rings (SSSR count). The minimum Gasteiger partial charge on any atom is -0.512 e. The molecule has 1 aliphatic rings. The van der Waals surface area contributed by atoms with Gasteiger partial charge in [-0.15, -0.1) is 17.5 Å². The van der Waals surface area contributed by atoms with Gasteiger partial charge in [0.2, 0.25) is 0 Å². The van der Waals surface area contributed by atoms with E-state index in [2.05, 4.69) is 59.7 Å². The molecule has 2 heterocycles. The topological polar surface area (TPSA) is 59.4 Å². The largest absolute Gasteiger partial charge is 0.512 e. The molecule has 3 aromatic carbocycles. The van der Waals surface area contributed by atoms with Crippen LogP contribution in [0.2, 0.25) is 0 Å². The third kappa shape index (κ3) is 9.41. The number of hydrogen-bond acceptors (Lipinski definition) is 4. The Bertz CT molecular complexity index is 1920. The van der Waals surface area contributed by atoms with Gasteiger partial charge in [0.05, 0.1) is 11.5 Å². The number of rotatable bonds is 9. The summed E-state index contributed by atoms with van der Waals surface area (Å²) in [6.07, 6.45) is 8.40. The number of aryl methyl sites for hydroxylation is 1. The van der Waals surface area contributed by atoms with E-state index in [1.54, 1.807) is 12.1 Å². The van der Waals surface area contributed by atoms with E-state index in [1.807, 2.05) is 52.9 Å². The van der Waals surface area contributed by atoms with E-state index in [0.29, 0.717) is 5.56 Å². The molecule has 0 aliphatic carbocycles. The molecule has 0 bridgehead atoms. The first-order valence-electron chi connectivity index (χ1n) is 19.2. The van der Waals surface area contributed by atoms with Crippen LogP contribution in [-0.2, 0) is 37.7 Å². The number of nitrogens with zero attached hydrogens (tertiary/aromatic N) is 1. The quantitative estimate of drug-likeness (QED) is 0.0912. The molecule has 4 aromatic rings. The van der Waals surface area contributed by atoms with E-state index in [9.17, 15) is 9.90 Å². The van der Waals surface area contributed by atoms with Crippen LogP contribution in [0.4, 0.5) is 0 Å². The second-order valence-electron chi connectivity index (χ2n) is 16.2. The van der Waals surface area contributed by atoms with Crippen molar-refractivity contribution in [3.63, 3.8) is 0 Å². The van der Waals surface area contributed by atoms with Gasteiger partial charge in [-0.25, -0.2) is 0 Å². The molecule has 1 aliphatic heterocycles. The number of fused-ring (bicyclic) bond motifs is 3. The number of ether oxygens (including phenoxy) is 1. The molecule has 0 unspecified atom stereocenters. The number of aliphatic hydroxyl groups is 1. The van der Waals surface area contributed by atoms with Crippen LogP contribution < -0.4 is 4.74 Å². The molecule has 4 nitrogen and oxygen atoms in total. The SMILES string of the molecule is CCC(CC)/C(O)=C/C(=O)C(C)(CC)CC.[2H]C([2H])([2H])c1ccc2c(CC(C)(C)C)c3c([c-]c2c1)-c1nccc2cc(CC(C)(C)C)cc(c12)O3.[Ir]. The van der Waals surface area contributed by atoms with E-state index in [4.69, 9.17) is 13.8 Å². The van der Waals surface area contributed by atoms with Crippen molar-refractivity contribution in [3.8, 4) is 22.8 Å². The summed E-state index contributed by atoms with van der Waals surface area (Å²) in [4.78, 5) is 16.8. The zero-order chi connectivity index (χ0) is 38.1. The zero-order valence-corrected chi connectivity index (χ0v) is 33.9. The van der Waals surface area contributed by atoms with Crippen molar-refractivity contribution in [2.75, 3.05) is 0 Å². The molecule has 5 heteroatoms. The Hall–Kier alpha value is -3.01. The smallest absolute Gasteiger partial charge is 0.164 e. The van der Waals surface area contributed by atoms with Crippen molar-refractivity contribution in [1.29, 1.82) is 0 Å². The predicted octanol–water partition coefficient (Wildman–Crippen LogP) is 12.7. The van der Waals surface area contributed by atoms with Crippen LogP contribution in [-0.4, -0.2) is 15.9 Å². The van der Waals surface area contributed by atoms with E-state index < -0.39 is 6.85 Å². The van der Waals surface area contributed by atoms with Gasteiger partial charge >= 0.3 is 0 Å². The third-order valence-corrected chi connectivity index (χ3v) is 9.72. The van der Waals surface area contributed by atoms with Crippen molar-refractivity contribution in [3.05, 3.63) is 77.2 Å². The molecule has 0 amide bonds. The molecular formula is C44H58IrNO3-. The monoisotopic (exact) mass is 844 g/mol. The van der Waals surface area contributed by atoms with Crippen LogP contribution in [0.1, 0.15) is 123 Å². The summed E-state index contributed by atoms with van der Waals surface area (Å²) < 4.78 is 30.4. The number of ketones is 1. The van der Waals surface area contributed by atoms with Gasteiger partial charge in [-0.3, -0.25) is 9.78 Å². The zero-order valence-electron chi connectivity index (χ0n) is 34.5. The van der Waals surface area contributed by atoms with E-state index in [-0.39, 0.29) is 53.8 Å². The molecule has 0 spiro atoms. The van der Waals surface area contributed by atoms with Gasteiger partial charge < -0.3 is 9.84 Å². The normalized spacial score (nSPS) is 14.2. The van der Waals surface area contributed by atoms with Crippen LogP contribution in [0.3, 0.4) is 0 Å². The van der Waals surface area contributed by atoms with Gasteiger partial charge in [-0.1, -0.05) is 116 Å². The second-order valence-corrected chi connectivity index (χ2v) is 16.2. The van der Waals surface area contributed by atoms with Crippen molar-refractivity contribution >= 4 is 27.3 Å². The Morgan fingerprint density at radius 2 is 1.61 bits per heavy atom. The fourth-order valence-corrected chi connectivity index (χ4v) is 6.52. The standard InChI is InChI=1S/C30H32NO.C14H26O2.Ir/c1-18-8-9-22-21(12-18)15-23-27-26-20(10-11-31-27)13-19(16-29(2,3)4)14-25(26)32-28(23)24(22)17-30(5,6)7;1-6-11(7-2)12(15)10-13(16)14(5,8-3)9-4;/h8-14H,16-17H2,1-7H3;10-11,15H,6-9H2,1-5H3;/q-1;;/b;12-10-;/i1D3;;. The molecule has 1 aromatic heterocycles. The van der Waals surface area contributed by atoms with Gasteiger partial charge in [0.15, 0.2) is 5.78 Å². The van der Waals surface area contributed by atoms with Crippen LogP contribution in [0.25, 0.3) is 32.8 Å². The summed E-state index contributed by atoms with van der Waals surface area (Å²) in [5.41, 5.74) is 4.12. The molecule has 0 atom stereocenters. The van der Waals surface area contributed by atoms with Crippen molar-refractivity contribution in [1.82, 2.24) is 4.98 Å². The number of aromatic nitrogens is 1. The maximum Gasteiger partial charge on any atom is 0.164 e. The molecule has 0 fully saturated rings. The van der Waals surface area contributed by atoms with Crippen LogP contribution in [0.5, 0.6) is 11.5 Å². The number of aliphatic hydroxyl groups excluding tert-OH is 1. The van der Waals surface area contributed by atoms with Crippen LogP contribution in [0.15, 0.2) is 54.4 Å². The number of benzene rings is 3. The average Bonchev–Trinajstić information content (AvgIpc) is 3.03. The summed E-state index contributed by atoms with van der Waals surface area (Å²) in [5.74, 6) is 2.06. The Labute approximate surface area is 313 Å². The first kappa shape index (κ1) is 35.8. The van der Waals surface area contributed by atoms with E-state index in [1.165, 1.54) is 11.6 Å². The predicted molar refractivity (Wildman–Crippen MR) is 203 cm³/mol. The number of carbonyl (C=O) groups excluding carboxylic acids is 1. The summed E-state index contributed by atoms with van der Waals surface area (Å²) in [6, 6.07) is 15.3. The Kier molecular flexibility index (Phi) is 11.6. The summed E-state index contributed by atoms with van der Waals surface area (Å²) in [6.45, 7) is 21.2.